The maximum absolute atomic E-state index is 12.0. The Morgan fingerprint density at radius 3 is 2.19 bits per heavy atom. The molecule has 1 aromatic carbocycles. The van der Waals surface area contributed by atoms with Crippen molar-refractivity contribution >= 4 is 48.0 Å². The van der Waals surface area contributed by atoms with Crippen LogP contribution in [0, 0.1) is 0 Å². The Labute approximate surface area is 167 Å². The minimum absolute atomic E-state index is 0. The summed E-state index contributed by atoms with van der Waals surface area (Å²) in [7, 11) is 3.86. The molecular formula is C17H28Cl2N4O3. The predicted molar refractivity (Wildman–Crippen MR) is 109 cm³/mol. The van der Waals surface area contributed by atoms with Crippen molar-refractivity contribution in [2.45, 2.75) is 18.9 Å². The Morgan fingerprint density at radius 2 is 1.69 bits per heavy atom. The molecule has 2 amide bonds. The van der Waals surface area contributed by atoms with Gasteiger partial charge in [0.05, 0.1) is 13.2 Å². The van der Waals surface area contributed by atoms with Crippen LogP contribution in [0.15, 0.2) is 24.3 Å². The second-order valence-corrected chi connectivity index (χ2v) is 6.16. The maximum atomic E-state index is 12.0. The van der Waals surface area contributed by atoms with Gasteiger partial charge >= 0.3 is 0 Å². The number of morpholine rings is 1. The highest BCUT2D eigenvalue weighted by Crippen LogP contribution is 2.14. The second-order valence-electron chi connectivity index (χ2n) is 6.16. The fraction of sp³-hybridized carbons (Fsp3) is 0.529. The molecule has 0 aliphatic carbocycles. The van der Waals surface area contributed by atoms with Crippen molar-refractivity contribution in [3.05, 3.63) is 24.3 Å². The number of rotatable bonds is 7. The topological polar surface area (TPSA) is 82.7 Å². The number of benzene rings is 1. The van der Waals surface area contributed by atoms with Crippen LogP contribution in [0.1, 0.15) is 12.8 Å². The lowest BCUT2D eigenvalue weighted by molar-refractivity contribution is -0.117. The van der Waals surface area contributed by atoms with Crippen molar-refractivity contribution < 1.29 is 14.3 Å². The molecule has 3 N–H and O–H groups in total. The molecule has 1 heterocycles. The first kappa shape index (κ1) is 24.6. The molecule has 2 rings (SSSR count). The summed E-state index contributed by atoms with van der Waals surface area (Å²) in [6.45, 7) is 2.74. The number of hydrogen-bond acceptors (Lipinski definition) is 5. The third-order valence-corrected chi connectivity index (χ3v) is 3.67. The van der Waals surface area contributed by atoms with Crippen molar-refractivity contribution in [2.75, 3.05) is 51.0 Å². The van der Waals surface area contributed by atoms with E-state index in [4.69, 9.17) is 4.74 Å². The van der Waals surface area contributed by atoms with E-state index in [0.29, 0.717) is 38.3 Å². The number of ether oxygens (including phenoxy) is 1. The SMILES string of the molecule is CN(C)CCC(=O)Nc1ccc(NC(=O)CC2COCCN2)cc1.Cl.Cl. The summed E-state index contributed by atoms with van der Waals surface area (Å²) in [6, 6.07) is 7.19. The van der Waals surface area contributed by atoms with Gasteiger partial charge in [-0.2, -0.15) is 0 Å². The van der Waals surface area contributed by atoms with Gasteiger partial charge in [0.1, 0.15) is 0 Å². The first-order valence-electron chi connectivity index (χ1n) is 8.18. The Bertz CT molecular complexity index is 549. The van der Waals surface area contributed by atoms with Crippen LogP contribution in [0.2, 0.25) is 0 Å². The van der Waals surface area contributed by atoms with Gasteiger partial charge in [0.25, 0.3) is 0 Å². The number of carbonyl (C=O) groups is 2. The lowest BCUT2D eigenvalue weighted by Gasteiger charge is -2.23. The molecule has 1 atom stereocenters. The number of halogens is 2. The number of hydrogen-bond donors (Lipinski definition) is 3. The van der Waals surface area contributed by atoms with E-state index in [1.807, 2.05) is 19.0 Å². The molecule has 1 aliphatic heterocycles. The second kappa shape index (κ2) is 12.9. The largest absolute Gasteiger partial charge is 0.378 e. The lowest BCUT2D eigenvalue weighted by Crippen LogP contribution is -2.43. The van der Waals surface area contributed by atoms with Crippen LogP contribution in [0.25, 0.3) is 0 Å². The van der Waals surface area contributed by atoms with Gasteiger partial charge in [0.2, 0.25) is 11.8 Å². The van der Waals surface area contributed by atoms with Crippen LogP contribution in [0.3, 0.4) is 0 Å². The fourth-order valence-corrected chi connectivity index (χ4v) is 2.37. The third kappa shape index (κ3) is 9.35. The zero-order valence-corrected chi connectivity index (χ0v) is 16.8. The highest BCUT2D eigenvalue weighted by Gasteiger charge is 2.16. The van der Waals surface area contributed by atoms with Gasteiger partial charge in [-0.05, 0) is 38.4 Å². The summed E-state index contributed by atoms with van der Waals surface area (Å²) < 4.78 is 5.33. The smallest absolute Gasteiger partial charge is 0.226 e. The first-order valence-corrected chi connectivity index (χ1v) is 8.18. The van der Waals surface area contributed by atoms with Crippen LogP contribution in [-0.4, -0.2) is 63.2 Å². The Balaban J connectivity index is 0.00000312. The molecule has 148 valence electrons. The van der Waals surface area contributed by atoms with Gasteiger partial charge in [-0.15, -0.1) is 24.8 Å². The van der Waals surface area contributed by atoms with Crippen LogP contribution in [0.5, 0.6) is 0 Å². The van der Waals surface area contributed by atoms with Crippen LogP contribution in [0.4, 0.5) is 11.4 Å². The van der Waals surface area contributed by atoms with E-state index in [9.17, 15) is 9.59 Å². The number of amides is 2. The average molecular weight is 407 g/mol. The number of nitrogens with one attached hydrogen (secondary N) is 3. The molecule has 0 spiro atoms. The molecule has 1 aliphatic rings. The van der Waals surface area contributed by atoms with E-state index < -0.39 is 0 Å². The normalized spacial score (nSPS) is 16.2. The Morgan fingerprint density at radius 1 is 1.12 bits per heavy atom. The maximum Gasteiger partial charge on any atom is 0.226 e. The van der Waals surface area contributed by atoms with E-state index in [0.717, 1.165) is 12.2 Å². The number of anilines is 2. The minimum Gasteiger partial charge on any atom is -0.378 e. The van der Waals surface area contributed by atoms with E-state index in [2.05, 4.69) is 16.0 Å². The molecule has 0 saturated carbocycles. The number of carbonyl (C=O) groups excluding carboxylic acids is 2. The van der Waals surface area contributed by atoms with Crippen molar-refractivity contribution in [3.8, 4) is 0 Å². The lowest BCUT2D eigenvalue weighted by atomic mass is 10.2. The third-order valence-electron chi connectivity index (χ3n) is 3.67. The van der Waals surface area contributed by atoms with Gasteiger partial charge in [0, 0.05) is 43.3 Å². The zero-order chi connectivity index (χ0) is 17.4. The van der Waals surface area contributed by atoms with Gasteiger partial charge in [-0.1, -0.05) is 0 Å². The summed E-state index contributed by atoms with van der Waals surface area (Å²) in [5.41, 5.74) is 1.43. The molecular weight excluding hydrogens is 379 g/mol. The quantitative estimate of drug-likeness (QED) is 0.642. The Hall–Kier alpha value is -1.38. The van der Waals surface area contributed by atoms with Gasteiger partial charge < -0.3 is 25.6 Å². The highest BCUT2D eigenvalue weighted by molar-refractivity contribution is 5.93. The molecule has 0 bridgehead atoms. The van der Waals surface area contributed by atoms with Crippen LogP contribution >= 0.6 is 24.8 Å². The van der Waals surface area contributed by atoms with Gasteiger partial charge in [0.15, 0.2) is 0 Å². The predicted octanol–water partition coefficient (Wildman–Crippen LogP) is 1.74. The fourth-order valence-electron chi connectivity index (χ4n) is 2.37. The molecule has 0 radical (unpaired) electrons. The molecule has 1 aromatic rings. The van der Waals surface area contributed by atoms with E-state index >= 15 is 0 Å². The molecule has 1 unspecified atom stereocenters. The summed E-state index contributed by atoms with van der Waals surface area (Å²) in [4.78, 5) is 25.7. The number of nitrogens with zero attached hydrogens (tertiary/aromatic N) is 1. The standard InChI is InChI=1S/C17H26N4O3.2ClH/c1-21(2)9-7-16(22)19-13-3-5-14(6-4-13)20-17(23)11-15-12-24-10-8-18-15;;/h3-6,15,18H,7-12H2,1-2H3,(H,19,22)(H,20,23);2*1H. The summed E-state index contributed by atoms with van der Waals surface area (Å²) in [6.07, 6.45) is 0.824. The molecule has 1 saturated heterocycles. The van der Waals surface area contributed by atoms with Crippen molar-refractivity contribution in [2.24, 2.45) is 0 Å². The van der Waals surface area contributed by atoms with Crippen molar-refractivity contribution in [3.63, 3.8) is 0 Å². The first-order chi connectivity index (χ1) is 11.5. The molecule has 0 aromatic heterocycles. The summed E-state index contributed by atoms with van der Waals surface area (Å²) in [5, 5.41) is 8.94. The van der Waals surface area contributed by atoms with E-state index in [1.54, 1.807) is 24.3 Å². The molecule has 9 heteroatoms. The van der Waals surface area contributed by atoms with E-state index in [1.165, 1.54) is 0 Å². The van der Waals surface area contributed by atoms with E-state index in [-0.39, 0.29) is 42.7 Å². The van der Waals surface area contributed by atoms with Crippen molar-refractivity contribution in [1.29, 1.82) is 0 Å². The molecule has 1 fully saturated rings. The highest BCUT2D eigenvalue weighted by atomic mass is 35.5. The average Bonchev–Trinajstić information content (AvgIpc) is 2.55. The van der Waals surface area contributed by atoms with Gasteiger partial charge in [-0.3, -0.25) is 9.59 Å². The van der Waals surface area contributed by atoms with Gasteiger partial charge in [-0.25, -0.2) is 0 Å². The molecule has 26 heavy (non-hydrogen) atoms. The minimum atomic E-state index is -0.0548. The summed E-state index contributed by atoms with van der Waals surface area (Å²) >= 11 is 0. The monoisotopic (exact) mass is 406 g/mol. The summed E-state index contributed by atoms with van der Waals surface area (Å²) in [5.74, 6) is -0.0790. The van der Waals surface area contributed by atoms with Crippen LogP contribution < -0.4 is 16.0 Å². The van der Waals surface area contributed by atoms with Crippen molar-refractivity contribution in [1.82, 2.24) is 10.2 Å². The van der Waals surface area contributed by atoms with Crippen LogP contribution in [-0.2, 0) is 14.3 Å². The zero-order valence-electron chi connectivity index (χ0n) is 15.1. The molecule has 7 nitrogen and oxygen atoms in total. The Kier molecular flexibility index (Phi) is 12.2.